The lowest BCUT2D eigenvalue weighted by Gasteiger charge is -2.51. The smallest absolute Gasteiger partial charge is 0.392 e. The number of pyridine rings is 1. The van der Waals surface area contributed by atoms with Gasteiger partial charge in [-0.05, 0) is 76.1 Å². The quantitative estimate of drug-likeness (QED) is 0.496. The van der Waals surface area contributed by atoms with Gasteiger partial charge in [0.1, 0.15) is 0 Å². The van der Waals surface area contributed by atoms with Crippen LogP contribution in [-0.2, 0) is 17.5 Å². The maximum atomic E-state index is 14.3. The Morgan fingerprint density at radius 3 is 2.67 bits per heavy atom. The van der Waals surface area contributed by atoms with E-state index in [4.69, 9.17) is 4.74 Å². The fraction of sp³-hybridized carbons (Fsp3) is 0.750. The lowest BCUT2D eigenvalue weighted by Crippen LogP contribution is -2.54. The zero-order valence-corrected chi connectivity index (χ0v) is 23.1. The van der Waals surface area contributed by atoms with Crippen LogP contribution in [0.3, 0.4) is 0 Å². The summed E-state index contributed by atoms with van der Waals surface area (Å²) in [5, 5.41) is 10.2. The number of likely N-dealkylation sites (tertiary alicyclic amines) is 1. The molecule has 3 unspecified atom stereocenters. The Labute approximate surface area is 232 Å². The summed E-state index contributed by atoms with van der Waals surface area (Å²) >= 11 is 0. The van der Waals surface area contributed by atoms with Gasteiger partial charge in [0.2, 0.25) is 0 Å². The molecule has 0 bridgehead atoms. The van der Waals surface area contributed by atoms with Crippen LogP contribution >= 0.6 is 0 Å². The van der Waals surface area contributed by atoms with Gasteiger partial charge in [-0.1, -0.05) is 6.42 Å². The first-order valence-corrected chi connectivity index (χ1v) is 14.6. The molecule has 12 heteroatoms. The molecule has 3 saturated heterocycles. The lowest BCUT2D eigenvalue weighted by molar-refractivity contribution is -0.167. The number of hydrogen-bond acceptors (Lipinski definition) is 7. The summed E-state index contributed by atoms with van der Waals surface area (Å²) in [6.45, 7) is 3.52. The summed E-state index contributed by atoms with van der Waals surface area (Å²) in [4.78, 5) is 17.9. The van der Waals surface area contributed by atoms with Crippen molar-refractivity contribution in [2.75, 3.05) is 40.0 Å². The summed E-state index contributed by atoms with van der Waals surface area (Å²) < 4.78 is 51.3. The van der Waals surface area contributed by atoms with Crippen molar-refractivity contribution in [3.05, 3.63) is 40.1 Å². The molecule has 3 N–H and O–H groups in total. The number of rotatable bonds is 6. The molecule has 222 valence electrons. The van der Waals surface area contributed by atoms with Gasteiger partial charge in [-0.25, -0.2) is 15.6 Å². The Hall–Kier alpha value is -1.96. The van der Waals surface area contributed by atoms with E-state index in [1.165, 1.54) is 16.7 Å². The monoisotopic (exact) mass is 566 g/mol. The Kier molecular flexibility index (Phi) is 7.77. The first kappa shape index (κ1) is 28.2. The lowest BCUT2D eigenvalue weighted by atomic mass is 9.64. The van der Waals surface area contributed by atoms with Crippen LogP contribution in [0.2, 0.25) is 0 Å². The molecule has 1 saturated carbocycles. The van der Waals surface area contributed by atoms with E-state index in [0.717, 1.165) is 51.6 Å². The Bertz CT molecular complexity index is 1260. The van der Waals surface area contributed by atoms with Crippen molar-refractivity contribution in [3.8, 4) is 0 Å². The Morgan fingerprint density at radius 2 is 1.98 bits per heavy atom. The van der Waals surface area contributed by atoms with Crippen molar-refractivity contribution < 1.29 is 23.0 Å². The van der Waals surface area contributed by atoms with Gasteiger partial charge < -0.3 is 9.84 Å². The fourth-order valence-electron chi connectivity index (χ4n) is 7.39. The minimum Gasteiger partial charge on any atom is -0.392 e. The summed E-state index contributed by atoms with van der Waals surface area (Å²) in [5.41, 5.74) is 5.67. The van der Waals surface area contributed by atoms with Crippen molar-refractivity contribution >= 4 is 5.52 Å². The van der Waals surface area contributed by atoms with Crippen molar-refractivity contribution in [2.45, 2.75) is 82.4 Å². The highest BCUT2D eigenvalue weighted by Gasteiger charge is 2.49. The van der Waals surface area contributed by atoms with E-state index in [-0.39, 0.29) is 29.7 Å². The number of aromatic nitrogens is 2. The van der Waals surface area contributed by atoms with E-state index >= 15 is 0 Å². The molecule has 1 aliphatic carbocycles. The SMILES string of the molecule is CN1CNNC1CC1(C2CCCC(n3cc4c(C(F)(F)F)cc(CN5CCCC[C@@H](O)C5)cn4c3=O)C2)COC1. The fourth-order valence-corrected chi connectivity index (χ4v) is 7.39. The zero-order chi connectivity index (χ0) is 28.1. The molecule has 2 aromatic rings. The maximum absolute atomic E-state index is 14.3. The highest BCUT2D eigenvalue weighted by atomic mass is 19.4. The Morgan fingerprint density at radius 1 is 1.15 bits per heavy atom. The van der Waals surface area contributed by atoms with E-state index in [1.807, 2.05) is 4.90 Å². The molecule has 5 heterocycles. The van der Waals surface area contributed by atoms with Gasteiger partial charge in [0.15, 0.2) is 0 Å². The van der Waals surface area contributed by atoms with Gasteiger partial charge in [0, 0.05) is 36.9 Å². The molecular weight excluding hydrogens is 525 g/mol. The number of aliphatic hydroxyl groups is 1. The summed E-state index contributed by atoms with van der Waals surface area (Å²) in [7, 11) is 2.07. The van der Waals surface area contributed by atoms with Crippen LogP contribution in [0.5, 0.6) is 0 Å². The number of halogens is 3. The van der Waals surface area contributed by atoms with Crippen LogP contribution in [0.25, 0.3) is 5.52 Å². The molecule has 3 aliphatic heterocycles. The number of aliphatic hydroxyl groups excluding tert-OH is 1. The van der Waals surface area contributed by atoms with Crippen LogP contribution in [0.4, 0.5) is 13.2 Å². The average Bonchev–Trinajstić information content (AvgIpc) is 3.37. The molecular formula is C28H41F3N6O3. The van der Waals surface area contributed by atoms with E-state index in [9.17, 15) is 23.1 Å². The second kappa shape index (κ2) is 11.0. The number of hydrogen-bond donors (Lipinski definition) is 3. The van der Waals surface area contributed by atoms with Crippen LogP contribution < -0.4 is 16.5 Å². The minimum atomic E-state index is -4.59. The number of nitrogens with zero attached hydrogens (tertiary/aromatic N) is 4. The van der Waals surface area contributed by atoms with E-state index in [1.54, 1.807) is 10.8 Å². The van der Waals surface area contributed by atoms with Crippen molar-refractivity contribution in [2.24, 2.45) is 11.3 Å². The number of fused-ring (bicyclic) bond motifs is 1. The average molecular weight is 567 g/mol. The van der Waals surface area contributed by atoms with Crippen molar-refractivity contribution in [1.82, 2.24) is 29.6 Å². The van der Waals surface area contributed by atoms with Crippen molar-refractivity contribution in [3.63, 3.8) is 0 Å². The van der Waals surface area contributed by atoms with E-state index in [2.05, 4.69) is 22.8 Å². The number of ether oxygens (including phenoxy) is 1. The van der Waals surface area contributed by atoms with Crippen LogP contribution in [0, 0.1) is 11.3 Å². The van der Waals surface area contributed by atoms with Gasteiger partial charge in [0.05, 0.1) is 43.2 Å². The number of β-amino-alcohol motifs (C(OH)–C–C–N with tert-alkyl or cyclic N) is 1. The Balaban J connectivity index is 1.28. The number of nitrogens with one attached hydrogen (secondary N) is 2. The molecule has 4 atom stereocenters. The normalized spacial score (nSPS) is 30.4. The van der Waals surface area contributed by atoms with Gasteiger partial charge in [-0.2, -0.15) is 13.2 Å². The molecule has 2 aromatic heterocycles. The van der Waals surface area contributed by atoms with Gasteiger partial charge >= 0.3 is 11.9 Å². The zero-order valence-electron chi connectivity index (χ0n) is 23.1. The second-order valence-corrected chi connectivity index (χ2v) is 12.5. The minimum absolute atomic E-state index is 0.00139. The predicted octanol–water partition coefficient (Wildman–Crippen LogP) is 2.93. The summed E-state index contributed by atoms with van der Waals surface area (Å²) in [6, 6.07) is 1.03. The second-order valence-electron chi connectivity index (χ2n) is 12.5. The van der Waals surface area contributed by atoms with E-state index < -0.39 is 23.5 Å². The molecule has 0 radical (unpaired) electrons. The molecule has 0 amide bonds. The molecule has 6 rings (SSSR count). The van der Waals surface area contributed by atoms with Gasteiger partial charge in [0.25, 0.3) is 0 Å². The summed E-state index contributed by atoms with van der Waals surface area (Å²) in [5.74, 6) is 0.331. The van der Waals surface area contributed by atoms with Crippen LogP contribution in [0.1, 0.15) is 68.5 Å². The third-order valence-electron chi connectivity index (χ3n) is 9.70. The van der Waals surface area contributed by atoms with Gasteiger partial charge in [-0.15, -0.1) is 0 Å². The highest BCUT2D eigenvalue weighted by molar-refractivity contribution is 5.56. The number of alkyl halides is 3. The predicted molar refractivity (Wildman–Crippen MR) is 143 cm³/mol. The maximum Gasteiger partial charge on any atom is 0.418 e. The van der Waals surface area contributed by atoms with Crippen molar-refractivity contribution in [1.29, 1.82) is 0 Å². The topological polar surface area (TPSA) is 86.4 Å². The third-order valence-corrected chi connectivity index (χ3v) is 9.70. The first-order chi connectivity index (χ1) is 19.1. The van der Waals surface area contributed by atoms with Gasteiger partial charge in [-0.3, -0.25) is 18.8 Å². The molecule has 40 heavy (non-hydrogen) atoms. The molecule has 0 aromatic carbocycles. The van der Waals surface area contributed by atoms with E-state index in [0.29, 0.717) is 44.2 Å². The number of imidazole rings is 1. The summed E-state index contributed by atoms with van der Waals surface area (Å²) in [6.07, 6.45) is 5.01. The van der Waals surface area contributed by atoms with Crippen LogP contribution in [-0.4, -0.2) is 76.2 Å². The first-order valence-electron chi connectivity index (χ1n) is 14.6. The highest BCUT2D eigenvalue weighted by Crippen LogP contribution is 2.49. The van der Waals surface area contributed by atoms with Crippen LogP contribution in [0.15, 0.2) is 23.3 Å². The molecule has 9 nitrogen and oxygen atoms in total. The largest absolute Gasteiger partial charge is 0.418 e. The third kappa shape index (κ3) is 5.46. The molecule has 0 spiro atoms. The molecule has 4 aliphatic rings. The molecule has 4 fully saturated rings. The standard InChI is InChI=1S/C28H41F3N6O3/c1-34-18-32-33-25(34)11-27(16-40-17-27)20-5-4-6-21(10-20)36-15-24-23(28(29,30)31)9-19(13-37(24)26(36)39)12-35-8-3-2-7-22(38)14-35/h9,13,15,20-22,25,32-33,38H,2-8,10-12,14,16-18H2,1H3/t20?,21?,22-,25?/m1/s1. The number of hydrazine groups is 1.